The van der Waals surface area contributed by atoms with Crippen LogP contribution < -0.4 is 5.32 Å². The lowest BCUT2D eigenvalue weighted by molar-refractivity contribution is 0.0210. The van der Waals surface area contributed by atoms with Crippen molar-refractivity contribution in [1.29, 1.82) is 0 Å². The van der Waals surface area contributed by atoms with E-state index in [1.54, 1.807) is 4.90 Å². The van der Waals surface area contributed by atoms with Crippen LogP contribution in [-0.4, -0.2) is 35.7 Å². The highest BCUT2D eigenvalue weighted by Crippen LogP contribution is 2.23. The highest BCUT2D eigenvalue weighted by Gasteiger charge is 2.27. The molecule has 0 spiro atoms. The van der Waals surface area contributed by atoms with Crippen molar-refractivity contribution in [3.05, 3.63) is 29.3 Å². The Morgan fingerprint density at radius 3 is 2.39 bits per heavy atom. The van der Waals surface area contributed by atoms with E-state index in [9.17, 15) is 13.6 Å². The fraction of sp³-hybridized carbons (Fsp3) is 0.588. The number of rotatable bonds is 2. The zero-order chi connectivity index (χ0) is 17.2. The summed E-state index contributed by atoms with van der Waals surface area (Å²) in [6, 6.07) is 2.38. The summed E-state index contributed by atoms with van der Waals surface area (Å²) < 4.78 is 32.8. The van der Waals surface area contributed by atoms with Gasteiger partial charge in [0.05, 0.1) is 5.69 Å². The van der Waals surface area contributed by atoms with Crippen LogP contribution in [0, 0.1) is 18.6 Å². The lowest BCUT2D eigenvalue weighted by Crippen LogP contribution is -2.44. The second-order valence-electron chi connectivity index (χ2n) is 6.97. The fourth-order valence-electron chi connectivity index (χ4n) is 2.51. The second kappa shape index (κ2) is 6.72. The molecule has 0 aliphatic carbocycles. The van der Waals surface area contributed by atoms with Crippen LogP contribution >= 0.6 is 0 Å². The van der Waals surface area contributed by atoms with Crippen LogP contribution in [0.15, 0.2) is 12.1 Å². The summed E-state index contributed by atoms with van der Waals surface area (Å²) >= 11 is 0. The van der Waals surface area contributed by atoms with Gasteiger partial charge in [0.2, 0.25) is 0 Å². The molecule has 0 atom stereocenters. The van der Waals surface area contributed by atoms with Crippen LogP contribution in [0.2, 0.25) is 0 Å². The van der Waals surface area contributed by atoms with Crippen molar-refractivity contribution in [1.82, 2.24) is 4.90 Å². The summed E-state index contributed by atoms with van der Waals surface area (Å²) in [7, 11) is 0. The second-order valence-corrected chi connectivity index (χ2v) is 6.97. The first kappa shape index (κ1) is 17.5. The molecular formula is C17H24F2N2O2. The van der Waals surface area contributed by atoms with E-state index in [4.69, 9.17) is 4.74 Å². The van der Waals surface area contributed by atoms with Crippen molar-refractivity contribution < 1.29 is 18.3 Å². The van der Waals surface area contributed by atoms with Gasteiger partial charge in [-0.1, -0.05) is 0 Å². The first-order valence-corrected chi connectivity index (χ1v) is 7.86. The van der Waals surface area contributed by atoms with Gasteiger partial charge < -0.3 is 15.0 Å². The Hall–Kier alpha value is -1.85. The first-order chi connectivity index (χ1) is 10.7. The van der Waals surface area contributed by atoms with Crippen LogP contribution in [-0.2, 0) is 4.74 Å². The van der Waals surface area contributed by atoms with Crippen LogP contribution in [0.1, 0.15) is 39.2 Å². The van der Waals surface area contributed by atoms with Gasteiger partial charge >= 0.3 is 6.09 Å². The molecule has 0 radical (unpaired) electrons. The zero-order valence-electron chi connectivity index (χ0n) is 14.1. The topological polar surface area (TPSA) is 41.6 Å². The lowest BCUT2D eigenvalue weighted by Gasteiger charge is -2.34. The van der Waals surface area contributed by atoms with E-state index < -0.39 is 17.2 Å². The van der Waals surface area contributed by atoms with Gasteiger partial charge in [-0.3, -0.25) is 0 Å². The minimum Gasteiger partial charge on any atom is -0.444 e. The predicted molar refractivity (Wildman–Crippen MR) is 85.5 cm³/mol. The molecule has 128 valence electrons. The maximum absolute atomic E-state index is 13.9. The normalized spacial score (nSPS) is 16.3. The van der Waals surface area contributed by atoms with E-state index in [0.29, 0.717) is 25.9 Å². The zero-order valence-corrected chi connectivity index (χ0v) is 14.1. The van der Waals surface area contributed by atoms with Gasteiger partial charge in [0.25, 0.3) is 0 Å². The average Bonchev–Trinajstić information content (AvgIpc) is 2.43. The summed E-state index contributed by atoms with van der Waals surface area (Å²) in [5.41, 5.74) is -0.0639. The van der Waals surface area contributed by atoms with Crippen LogP contribution in [0.5, 0.6) is 0 Å². The Morgan fingerprint density at radius 1 is 1.22 bits per heavy atom. The molecule has 1 fully saturated rings. The van der Waals surface area contributed by atoms with E-state index in [-0.39, 0.29) is 23.4 Å². The molecule has 1 aromatic rings. The molecule has 1 saturated heterocycles. The monoisotopic (exact) mass is 326 g/mol. The number of hydrogen-bond acceptors (Lipinski definition) is 3. The Kier molecular flexibility index (Phi) is 5.12. The first-order valence-electron chi connectivity index (χ1n) is 7.86. The molecule has 1 aromatic carbocycles. The van der Waals surface area contributed by atoms with E-state index in [2.05, 4.69) is 5.32 Å². The van der Waals surface area contributed by atoms with Gasteiger partial charge in [-0.2, -0.15) is 0 Å². The number of benzene rings is 1. The highest BCUT2D eigenvalue weighted by atomic mass is 19.1. The minimum atomic E-state index is -0.519. The Labute approximate surface area is 135 Å². The average molecular weight is 326 g/mol. The van der Waals surface area contributed by atoms with Gasteiger partial charge in [0, 0.05) is 25.2 Å². The molecule has 0 saturated carbocycles. The van der Waals surface area contributed by atoms with Gasteiger partial charge in [0.1, 0.15) is 17.2 Å². The molecule has 1 N–H and O–H groups in total. The van der Waals surface area contributed by atoms with E-state index >= 15 is 0 Å². The van der Waals surface area contributed by atoms with Crippen molar-refractivity contribution in [3.63, 3.8) is 0 Å². The minimum absolute atomic E-state index is 0.00490. The van der Waals surface area contributed by atoms with Crippen molar-refractivity contribution >= 4 is 11.8 Å². The Balaban J connectivity index is 1.90. The molecule has 1 aliphatic heterocycles. The molecule has 23 heavy (non-hydrogen) atoms. The predicted octanol–water partition coefficient (Wildman–Crippen LogP) is 4.08. The number of anilines is 1. The van der Waals surface area contributed by atoms with Gasteiger partial charge in [-0.15, -0.1) is 0 Å². The SMILES string of the molecule is Cc1cc(F)c(NC2CCN(C(=O)OC(C)(C)C)CC2)cc1F. The third-order valence-corrected chi connectivity index (χ3v) is 3.75. The number of piperidine rings is 1. The van der Waals surface area contributed by atoms with E-state index in [1.165, 1.54) is 19.1 Å². The molecule has 0 bridgehead atoms. The summed E-state index contributed by atoms with van der Waals surface area (Å²) in [6.07, 6.45) is 0.992. The number of nitrogens with one attached hydrogen (secondary N) is 1. The smallest absolute Gasteiger partial charge is 0.410 e. The van der Waals surface area contributed by atoms with Crippen molar-refractivity contribution in [3.8, 4) is 0 Å². The van der Waals surface area contributed by atoms with Gasteiger partial charge in [-0.25, -0.2) is 13.6 Å². The number of hydrogen-bond donors (Lipinski definition) is 1. The number of aryl methyl sites for hydroxylation is 1. The Morgan fingerprint density at radius 2 is 1.83 bits per heavy atom. The van der Waals surface area contributed by atoms with Crippen molar-refractivity contribution in [2.24, 2.45) is 0 Å². The third-order valence-electron chi connectivity index (χ3n) is 3.75. The van der Waals surface area contributed by atoms with E-state index in [1.807, 2.05) is 20.8 Å². The summed E-state index contributed by atoms with van der Waals surface area (Å²) in [5, 5.41) is 3.03. The molecule has 4 nitrogen and oxygen atoms in total. The molecule has 1 aliphatic rings. The number of halogens is 2. The Bertz CT molecular complexity index is 577. The molecule has 0 aromatic heterocycles. The standard InChI is InChI=1S/C17H24F2N2O2/c1-11-9-14(19)15(10-13(11)18)20-12-5-7-21(8-6-12)16(22)23-17(2,3)4/h9-10,12,20H,5-8H2,1-4H3. The molecule has 1 amide bonds. The molecule has 1 heterocycles. The molecule has 2 rings (SSSR count). The fourth-order valence-corrected chi connectivity index (χ4v) is 2.51. The quantitative estimate of drug-likeness (QED) is 0.890. The van der Waals surface area contributed by atoms with Crippen LogP contribution in [0.3, 0.4) is 0 Å². The van der Waals surface area contributed by atoms with Crippen LogP contribution in [0.4, 0.5) is 19.3 Å². The molecule has 6 heteroatoms. The highest BCUT2D eigenvalue weighted by molar-refractivity contribution is 5.68. The molecule has 0 unspecified atom stereocenters. The number of nitrogens with zero attached hydrogens (tertiary/aromatic N) is 1. The summed E-state index contributed by atoms with van der Waals surface area (Å²) in [5.74, 6) is -0.890. The van der Waals surface area contributed by atoms with Gasteiger partial charge in [-0.05, 0) is 52.2 Å². The number of amides is 1. The molecular weight excluding hydrogens is 302 g/mol. The van der Waals surface area contributed by atoms with Crippen molar-refractivity contribution in [2.75, 3.05) is 18.4 Å². The van der Waals surface area contributed by atoms with Crippen LogP contribution in [0.25, 0.3) is 0 Å². The lowest BCUT2D eigenvalue weighted by atomic mass is 10.0. The number of likely N-dealkylation sites (tertiary alicyclic amines) is 1. The maximum Gasteiger partial charge on any atom is 0.410 e. The number of ether oxygens (including phenoxy) is 1. The maximum atomic E-state index is 13.9. The summed E-state index contributed by atoms with van der Waals surface area (Å²) in [4.78, 5) is 13.6. The third kappa shape index (κ3) is 4.81. The van der Waals surface area contributed by atoms with Crippen molar-refractivity contribution in [2.45, 2.75) is 52.2 Å². The van der Waals surface area contributed by atoms with E-state index in [0.717, 1.165) is 0 Å². The number of carbonyl (C=O) groups is 1. The van der Waals surface area contributed by atoms with Gasteiger partial charge in [0.15, 0.2) is 0 Å². The number of carbonyl (C=O) groups excluding carboxylic acids is 1. The summed E-state index contributed by atoms with van der Waals surface area (Å²) in [6.45, 7) is 8.07. The largest absolute Gasteiger partial charge is 0.444 e.